The molecule has 0 saturated heterocycles. The Morgan fingerprint density at radius 2 is 1.86 bits per heavy atom. The molecule has 152 valence electrons. The van der Waals surface area contributed by atoms with Crippen molar-refractivity contribution in [1.29, 1.82) is 0 Å². The normalized spacial score (nSPS) is 11.8. The number of esters is 1. The Labute approximate surface area is 166 Å². The summed E-state index contributed by atoms with van der Waals surface area (Å²) in [6, 6.07) is 9.62. The molecule has 1 N–H and O–H groups in total. The largest absolute Gasteiger partial charge is 0.497 e. The van der Waals surface area contributed by atoms with Gasteiger partial charge in [-0.2, -0.15) is 0 Å². The van der Waals surface area contributed by atoms with Crippen molar-refractivity contribution >= 4 is 11.9 Å². The first-order chi connectivity index (χ1) is 13.4. The van der Waals surface area contributed by atoms with Gasteiger partial charge in [-0.15, -0.1) is 0 Å². The second-order valence-corrected chi connectivity index (χ2v) is 6.76. The summed E-state index contributed by atoms with van der Waals surface area (Å²) in [5.41, 5.74) is 3.14. The number of methoxy groups -OCH3 is 1. The monoisotopic (exact) mass is 386 g/mol. The molecule has 0 spiro atoms. The van der Waals surface area contributed by atoms with E-state index in [-0.39, 0.29) is 17.9 Å². The Hall–Kier alpha value is -2.76. The maximum atomic E-state index is 12.4. The molecule has 0 aliphatic carbocycles. The van der Waals surface area contributed by atoms with Gasteiger partial charge in [-0.05, 0) is 63.1 Å². The number of aromatic nitrogens is 1. The predicted molar refractivity (Wildman–Crippen MR) is 110 cm³/mol. The third-order valence-corrected chi connectivity index (χ3v) is 4.83. The molecule has 1 aromatic carbocycles. The van der Waals surface area contributed by atoms with E-state index in [4.69, 9.17) is 9.47 Å². The van der Waals surface area contributed by atoms with Crippen molar-refractivity contribution in [3.63, 3.8) is 0 Å². The van der Waals surface area contributed by atoms with Crippen LogP contribution in [0.3, 0.4) is 0 Å². The lowest BCUT2D eigenvalue weighted by Gasteiger charge is -2.15. The van der Waals surface area contributed by atoms with E-state index in [0.717, 1.165) is 29.1 Å². The van der Waals surface area contributed by atoms with Crippen molar-refractivity contribution in [1.82, 2.24) is 9.88 Å². The number of rotatable bonds is 9. The summed E-state index contributed by atoms with van der Waals surface area (Å²) in [5.74, 6) is 0.413. The molecule has 0 saturated carbocycles. The highest BCUT2D eigenvalue weighted by molar-refractivity contribution is 5.92. The number of hydrogen-bond donors (Lipinski definition) is 1. The minimum atomic E-state index is -0.349. The van der Waals surface area contributed by atoms with Crippen LogP contribution in [0.2, 0.25) is 0 Å². The van der Waals surface area contributed by atoms with Crippen molar-refractivity contribution in [2.24, 2.45) is 0 Å². The number of carbonyl (C=O) groups excluding carboxylic acids is 2. The van der Waals surface area contributed by atoms with Gasteiger partial charge in [-0.3, -0.25) is 4.79 Å². The van der Waals surface area contributed by atoms with Crippen LogP contribution in [0.25, 0.3) is 11.3 Å². The van der Waals surface area contributed by atoms with Gasteiger partial charge in [0.2, 0.25) is 5.91 Å². The van der Waals surface area contributed by atoms with Crippen LogP contribution in [-0.2, 0) is 16.1 Å². The molecule has 2 aromatic rings. The maximum Gasteiger partial charge on any atom is 0.339 e. The van der Waals surface area contributed by atoms with Gasteiger partial charge in [-0.25, -0.2) is 4.79 Å². The molecular formula is C22H30N2O4. The van der Waals surface area contributed by atoms with Gasteiger partial charge in [0.1, 0.15) is 5.75 Å². The highest BCUT2D eigenvalue weighted by Gasteiger charge is 2.20. The Morgan fingerprint density at radius 3 is 2.43 bits per heavy atom. The van der Waals surface area contributed by atoms with Crippen molar-refractivity contribution < 1.29 is 19.1 Å². The molecule has 2 rings (SSSR count). The van der Waals surface area contributed by atoms with E-state index in [1.54, 1.807) is 14.0 Å². The van der Waals surface area contributed by atoms with Crippen LogP contribution in [0.4, 0.5) is 0 Å². The number of nitrogens with one attached hydrogen (secondary N) is 1. The number of carbonyl (C=O) groups is 2. The molecule has 0 aliphatic heterocycles. The molecule has 0 radical (unpaired) electrons. The van der Waals surface area contributed by atoms with Crippen LogP contribution in [0.5, 0.6) is 5.75 Å². The van der Waals surface area contributed by atoms with Crippen LogP contribution >= 0.6 is 0 Å². The summed E-state index contributed by atoms with van der Waals surface area (Å²) in [4.78, 5) is 24.6. The zero-order valence-electron chi connectivity index (χ0n) is 17.4. The Morgan fingerprint density at radius 1 is 1.18 bits per heavy atom. The predicted octanol–water partition coefficient (Wildman–Crippen LogP) is 3.95. The smallest absolute Gasteiger partial charge is 0.339 e. The maximum absolute atomic E-state index is 12.4. The second-order valence-electron chi connectivity index (χ2n) is 6.76. The molecule has 1 heterocycles. The molecule has 1 amide bonds. The third-order valence-electron chi connectivity index (χ3n) is 4.83. The average molecular weight is 386 g/mol. The summed E-state index contributed by atoms with van der Waals surface area (Å²) in [5, 5.41) is 2.98. The van der Waals surface area contributed by atoms with Crippen LogP contribution in [0.1, 0.15) is 49.7 Å². The Bertz CT molecular complexity index is 809. The molecule has 28 heavy (non-hydrogen) atoms. The van der Waals surface area contributed by atoms with E-state index < -0.39 is 0 Å². The number of amides is 1. The van der Waals surface area contributed by atoms with Crippen LogP contribution in [0, 0.1) is 6.92 Å². The van der Waals surface area contributed by atoms with E-state index in [9.17, 15) is 9.59 Å². The molecule has 0 fully saturated rings. The van der Waals surface area contributed by atoms with Crippen molar-refractivity contribution in [2.75, 3.05) is 13.7 Å². The molecule has 0 bridgehead atoms. The van der Waals surface area contributed by atoms with Gasteiger partial charge in [0, 0.05) is 30.4 Å². The quantitative estimate of drug-likeness (QED) is 0.663. The van der Waals surface area contributed by atoms with E-state index in [1.165, 1.54) is 0 Å². The van der Waals surface area contributed by atoms with Gasteiger partial charge in [0.25, 0.3) is 0 Å². The Kier molecular flexibility index (Phi) is 7.67. The standard InChI is InChI=1S/C22H30N2O4/c1-6-15(3)23-21(25)12-13-24-16(4)19(22(26)28-7-2)14-20(24)17-8-10-18(27-5)11-9-17/h8-11,14-15H,6-7,12-13H2,1-5H3,(H,23,25)/t15-/m1/s1. The fraction of sp³-hybridized carbons (Fsp3) is 0.455. The number of benzene rings is 1. The number of nitrogens with zero attached hydrogens (tertiary/aromatic N) is 1. The average Bonchev–Trinajstić information content (AvgIpc) is 3.03. The zero-order chi connectivity index (χ0) is 20.7. The summed E-state index contributed by atoms with van der Waals surface area (Å²) in [6.07, 6.45) is 1.23. The second kappa shape index (κ2) is 9.97. The molecule has 6 heteroatoms. The molecule has 1 atom stereocenters. The van der Waals surface area contributed by atoms with Gasteiger partial charge in [-0.1, -0.05) is 6.92 Å². The first kappa shape index (κ1) is 21.5. The van der Waals surface area contributed by atoms with Gasteiger partial charge < -0.3 is 19.4 Å². The minimum Gasteiger partial charge on any atom is -0.497 e. The molecular weight excluding hydrogens is 356 g/mol. The number of ether oxygens (including phenoxy) is 2. The fourth-order valence-electron chi connectivity index (χ4n) is 3.01. The lowest BCUT2D eigenvalue weighted by Crippen LogP contribution is -2.32. The number of hydrogen-bond acceptors (Lipinski definition) is 4. The third kappa shape index (κ3) is 5.15. The van der Waals surface area contributed by atoms with E-state index >= 15 is 0 Å². The topological polar surface area (TPSA) is 69.6 Å². The molecule has 1 aromatic heterocycles. The summed E-state index contributed by atoms with van der Waals surface area (Å²) < 4.78 is 12.4. The highest BCUT2D eigenvalue weighted by Crippen LogP contribution is 2.28. The first-order valence-electron chi connectivity index (χ1n) is 9.72. The zero-order valence-corrected chi connectivity index (χ0v) is 17.4. The highest BCUT2D eigenvalue weighted by atomic mass is 16.5. The van der Waals surface area contributed by atoms with Gasteiger partial charge in [0.05, 0.1) is 19.3 Å². The van der Waals surface area contributed by atoms with Crippen molar-refractivity contribution in [2.45, 2.75) is 53.1 Å². The summed E-state index contributed by atoms with van der Waals surface area (Å²) in [7, 11) is 1.62. The van der Waals surface area contributed by atoms with E-state index in [0.29, 0.717) is 25.1 Å². The minimum absolute atomic E-state index is 0.000755. The molecule has 6 nitrogen and oxygen atoms in total. The lowest BCUT2D eigenvalue weighted by atomic mass is 10.1. The first-order valence-corrected chi connectivity index (χ1v) is 9.72. The van der Waals surface area contributed by atoms with E-state index in [2.05, 4.69) is 5.32 Å². The van der Waals surface area contributed by atoms with Crippen molar-refractivity contribution in [3.05, 3.63) is 41.6 Å². The fourth-order valence-corrected chi connectivity index (χ4v) is 3.01. The van der Waals surface area contributed by atoms with Gasteiger partial charge in [0.15, 0.2) is 0 Å². The SMILES string of the molecule is CCOC(=O)c1cc(-c2ccc(OC)cc2)n(CCC(=O)N[C@H](C)CC)c1C. The summed E-state index contributed by atoms with van der Waals surface area (Å²) >= 11 is 0. The van der Waals surface area contributed by atoms with Crippen LogP contribution in [0.15, 0.2) is 30.3 Å². The van der Waals surface area contributed by atoms with Crippen LogP contribution < -0.4 is 10.1 Å². The molecule has 0 unspecified atom stereocenters. The molecule has 0 aliphatic rings. The van der Waals surface area contributed by atoms with Crippen LogP contribution in [-0.4, -0.2) is 36.2 Å². The van der Waals surface area contributed by atoms with Crippen molar-refractivity contribution in [3.8, 4) is 17.0 Å². The summed E-state index contributed by atoms with van der Waals surface area (Å²) in [6.45, 7) is 8.49. The van der Waals surface area contributed by atoms with E-state index in [1.807, 2.05) is 55.7 Å². The lowest BCUT2D eigenvalue weighted by molar-refractivity contribution is -0.121. The van der Waals surface area contributed by atoms with Gasteiger partial charge >= 0.3 is 5.97 Å². The Balaban J connectivity index is 2.34.